The number of ether oxygens (including phenoxy) is 1. The minimum absolute atomic E-state index is 0.116. The molecule has 0 saturated carbocycles. The lowest BCUT2D eigenvalue weighted by Crippen LogP contribution is -2.46. The first-order valence-corrected chi connectivity index (χ1v) is 8.94. The molecule has 0 radical (unpaired) electrons. The van der Waals surface area contributed by atoms with Crippen molar-refractivity contribution in [1.82, 2.24) is 15.6 Å². The molecule has 1 aromatic carbocycles. The predicted octanol–water partition coefficient (Wildman–Crippen LogP) is 2.90. The molecule has 2 N–H and O–H groups in total. The maximum Gasteiger partial charge on any atom is 0.351 e. The van der Waals surface area contributed by atoms with E-state index in [0.717, 1.165) is 5.56 Å². The zero-order chi connectivity index (χ0) is 19.3. The van der Waals surface area contributed by atoms with Crippen LogP contribution in [0, 0.1) is 6.92 Å². The summed E-state index contributed by atoms with van der Waals surface area (Å²) in [5.41, 5.74) is 1.31. The van der Waals surface area contributed by atoms with Crippen LogP contribution in [0.2, 0.25) is 0 Å². The van der Waals surface area contributed by atoms with Crippen molar-refractivity contribution in [3.8, 4) is 11.3 Å². The summed E-state index contributed by atoms with van der Waals surface area (Å²) >= 11 is 1.20. The summed E-state index contributed by atoms with van der Waals surface area (Å²) in [7, 11) is 0. The molecule has 2 aromatic rings. The van der Waals surface area contributed by atoms with Crippen molar-refractivity contribution in [1.29, 1.82) is 0 Å². The van der Waals surface area contributed by atoms with E-state index >= 15 is 0 Å². The Labute approximate surface area is 155 Å². The van der Waals surface area contributed by atoms with E-state index in [-0.39, 0.29) is 6.04 Å². The molecule has 26 heavy (non-hydrogen) atoms. The van der Waals surface area contributed by atoms with Crippen molar-refractivity contribution < 1.29 is 19.1 Å². The topological polar surface area (TPSA) is 97.4 Å². The van der Waals surface area contributed by atoms with Gasteiger partial charge in [-0.3, -0.25) is 10.1 Å². The van der Waals surface area contributed by atoms with Gasteiger partial charge in [-0.1, -0.05) is 30.3 Å². The third-order valence-electron chi connectivity index (χ3n) is 3.28. The summed E-state index contributed by atoms with van der Waals surface area (Å²) in [6, 6.07) is 8.51. The molecule has 0 aliphatic rings. The Balaban J connectivity index is 2.08. The molecule has 1 heterocycles. The van der Waals surface area contributed by atoms with Crippen molar-refractivity contribution >= 4 is 29.2 Å². The Hall–Kier alpha value is -2.74. The minimum atomic E-state index is -1.12. The van der Waals surface area contributed by atoms with Gasteiger partial charge in [0.1, 0.15) is 4.88 Å². The van der Waals surface area contributed by atoms with Gasteiger partial charge in [0.25, 0.3) is 5.91 Å². The maximum atomic E-state index is 12.5. The van der Waals surface area contributed by atoms with Crippen LogP contribution in [0.3, 0.4) is 0 Å². The number of carbonyl (C=O) groups is 3. The van der Waals surface area contributed by atoms with Gasteiger partial charge in [-0.2, -0.15) is 0 Å². The normalized spacial score (nSPS) is 11.7. The van der Waals surface area contributed by atoms with Crippen LogP contribution >= 0.6 is 11.3 Å². The lowest BCUT2D eigenvalue weighted by atomic mass is 10.1. The Kier molecular flexibility index (Phi) is 6.46. The van der Waals surface area contributed by atoms with Crippen LogP contribution in [-0.2, 0) is 9.53 Å². The van der Waals surface area contributed by atoms with E-state index in [4.69, 9.17) is 4.74 Å². The Morgan fingerprint density at radius 3 is 2.38 bits per heavy atom. The van der Waals surface area contributed by atoms with E-state index in [0.29, 0.717) is 15.6 Å². The standard InChI is InChI=1S/C18H21N3O4S/c1-10(2)19-18(24)21-16(22)11(3)25-17(23)15-14(20-12(4)26-15)13-8-6-5-7-9-13/h5-11H,1-4H3,(H2,19,21,22,24)/t11-/m0/s1. The number of carbonyl (C=O) groups excluding carboxylic acids is 3. The number of rotatable bonds is 5. The van der Waals surface area contributed by atoms with Gasteiger partial charge < -0.3 is 10.1 Å². The number of hydrogen-bond donors (Lipinski definition) is 2. The van der Waals surface area contributed by atoms with E-state index < -0.39 is 24.0 Å². The highest BCUT2D eigenvalue weighted by atomic mass is 32.1. The van der Waals surface area contributed by atoms with Crippen LogP contribution in [0.5, 0.6) is 0 Å². The van der Waals surface area contributed by atoms with Crippen LogP contribution in [0.15, 0.2) is 30.3 Å². The lowest BCUT2D eigenvalue weighted by Gasteiger charge is -2.14. The number of hydrogen-bond acceptors (Lipinski definition) is 6. The maximum absolute atomic E-state index is 12.5. The highest BCUT2D eigenvalue weighted by Gasteiger charge is 2.25. The molecule has 0 unspecified atom stereocenters. The highest BCUT2D eigenvalue weighted by molar-refractivity contribution is 7.14. The van der Waals surface area contributed by atoms with Crippen molar-refractivity contribution in [2.24, 2.45) is 0 Å². The Morgan fingerprint density at radius 2 is 1.77 bits per heavy atom. The first kappa shape index (κ1) is 19.6. The first-order valence-electron chi connectivity index (χ1n) is 8.13. The molecule has 138 valence electrons. The van der Waals surface area contributed by atoms with Gasteiger partial charge in [-0.05, 0) is 27.7 Å². The first-order chi connectivity index (χ1) is 12.3. The minimum Gasteiger partial charge on any atom is -0.448 e. The Morgan fingerprint density at radius 1 is 1.12 bits per heavy atom. The molecule has 0 aliphatic carbocycles. The summed E-state index contributed by atoms with van der Waals surface area (Å²) in [5.74, 6) is -1.35. The van der Waals surface area contributed by atoms with Crippen LogP contribution in [0.4, 0.5) is 4.79 Å². The number of aryl methyl sites for hydroxylation is 1. The smallest absolute Gasteiger partial charge is 0.351 e. The van der Waals surface area contributed by atoms with Gasteiger partial charge in [-0.15, -0.1) is 11.3 Å². The molecule has 0 fully saturated rings. The van der Waals surface area contributed by atoms with Gasteiger partial charge >= 0.3 is 12.0 Å². The van der Waals surface area contributed by atoms with Gasteiger partial charge in [-0.25, -0.2) is 14.6 Å². The van der Waals surface area contributed by atoms with E-state index in [9.17, 15) is 14.4 Å². The summed E-state index contributed by atoms with van der Waals surface area (Å²) < 4.78 is 5.22. The van der Waals surface area contributed by atoms with Crippen LogP contribution in [-0.4, -0.2) is 35.0 Å². The van der Waals surface area contributed by atoms with E-state index in [1.807, 2.05) is 30.3 Å². The van der Waals surface area contributed by atoms with Crippen LogP contribution < -0.4 is 10.6 Å². The van der Waals surface area contributed by atoms with Gasteiger partial charge in [0, 0.05) is 11.6 Å². The van der Waals surface area contributed by atoms with Crippen molar-refractivity contribution in [3.63, 3.8) is 0 Å². The lowest BCUT2D eigenvalue weighted by molar-refractivity contribution is -0.127. The fraction of sp³-hybridized carbons (Fsp3) is 0.333. The third kappa shape index (κ3) is 5.13. The molecule has 0 spiro atoms. The number of amides is 3. The van der Waals surface area contributed by atoms with Crippen LogP contribution in [0.1, 0.15) is 35.5 Å². The number of imide groups is 1. The van der Waals surface area contributed by atoms with E-state index in [1.165, 1.54) is 18.3 Å². The number of benzene rings is 1. The molecular formula is C18H21N3O4S. The molecule has 0 bridgehead atoms. The average molecular weight is 375 g/mol. The summed E-state index contributed by atoms with van der Waals surface area (Å²) in [5, 5.41) is 5.38. The van der Waals surface area contributed by atoms with Crippen molar-refractivity contribution in [3.05, 3.63) is 40.2 Å². The van der Waals surface area contributed by atoms with Gasteiger partial charge in [0.05, 0.1) is 10.7 Å². The number of urea groups is 1. The molecule has 1 aromatic heterocycles. The number of nitrogens with one attached hydrogen (secondary N) is 2. The number of esters is 1. The molecule has 3 amide bonds. The van der Waals surface area contributed by atoms with E-state index in [2.05, 4.69) is 15.6 Å². The second kappa shape index (κ2) is 8.57. The second-order valence-electron chi connectivity index (χ2n) is 5.94. The van der Waals surface area contributed by atoms with Crippen molar-refractivity contribution in [2.45, 2.75) is 39.8 Å². The Bertz CT molecular complexity index is 802. The fourth-order valence-corrected chi connectivity index (χ4v) is 2.96. The molecule has 2 rings (SSSR count). The number of nitrogens with zero attached hydrogens (tertiary/aromatic N) is 1. The molecule has 1 atom stereocenters. The molecular weight excluding hydrogens is 354 g/mol. The predicted molar refractivity (Wildman–Crippen MR) is 99.0 cm³/mol. The quantitative estimate of drug-likeness (QED) is 0.783. The third-order valence-corrected chi connectivity index (χ3v) is 4.23. The fourth-order valence-electron chi connectivity index (χ4n) is 2.14. The van der Waals surface area contributed by atoms with E-state index in [1.54, 1.807) is 20.8 Å². The van der Waals surface area contributed by atoms with Gasteiger partial charge in [0.15, 0.2) is 6.10 Å². The molecule has 0 aliphatic heterocycles. The molecule has 8 heteroatoms. The summed E-state index contributed by atoms with van der Waals surface area (Å²) in [6.45, 7) is 6.74. The zero-order valence-corrected chi connectivity index (χ0v) is 15.8. The largest absolute Gasteiger partial charge is 0.448 e. The van der Waals surface area contributed by atoms with Crippen LogP contribution in [0.25, 0.3) is 11.3 Å². The average Bonchev–Trinajstić information content (AvgIpc) is 2.96. The summed E-state index contributed by atoms with van der Waals surface area (Å²) in [4.78, 5) is 40.8. The van der Waals surface area contributed by atoms with Gasteiger partial charge in [0.2, 0.25) is 0 Å². The summed E-state index contributed by atoms with van der Waals surface area (Å²) in [6.07, 6.45) is -1.12. The highest BCUT2D eigenvalue weighted by Crippen LogP contribution is 2.28. The molecule has 7 nitrogen and oxygen atoms in total. The monoisotopic (exact) mass is 375 g/mol. The SMILES string of the molecule is Cc1nc(-c2ccccc2)c(C(=O)O[C@@H](C)C(=O)NC(=O)NC(C)C)s1. The number of aromatic nitrogens is 1. The van der Waals surface area contributed by atoms with Crippen molar-refractivity contribution in [2.75, 3.05) is 0 Å². The zero-order valence-electron chi connectivity index (χ0n) is 15.0. The molecule has 0 saturated heterocycles. The number of thiazole rings is 1. The second-order valence-corrected chi connectivity index (χ2v) is 7.14.